The van der Waals surface area contributed by atoms with Crippen LogP contribution in [0.25, 0.3) is 0 Å². The molecule has 0 saturated carbocycles. The number of nitrogens with one attached hydrogen (secondary N) is 2. The highest BCUT2D eigenvalue weighted by Gasteiger charge is 2.38. The molecule has 1 aromatic heterocycles. The Morgan fingerprint density at radius 2 is 1.51 bits per heavy atom. The van der Waals surface area contributed by atoms with E-state index in [1.165, 1.54) is 12.1 Å². The summed E-state index contributed by atoms with van der Waals surface area (Å²) in [7, 11) is 0. The molecule has 35 heavy (non-hydrogen) atoms. The van der Waals surface area contributed by atoms with Gasteiger partial charge in [0.15, 0.2) is 0 Å². The summed E-state index contributed by atoms with van der Waals surface area (Å²) >= 11 is 0. The quantitative estimate of drug-likeness (QED) is 0.413. The SMILES string of the molecule is O=C(NC(c1ccc(C(F)(F)F)cc1)c1ncccc1C(F)(F)F)c1ccc2c(c1)C(=O)NC2=O. The summed E-state index contributed by atoms with van der Waals surface area (Å²) in [6.07, 6.45) is -8.49. The van der Waals surface area contributed by atoms with Crippen LogP contribution in [0.1, 0.15) is 59.5 Å². The Kier molecular flexibility index (Phi) is 5.83. The number of aromatic nitrogens is 1. The van der Waals surface area contributed by atoms with Crippen LogP contribution in [0, 0.1) is 0 Å². The van der Waals surface area contributed by atoms with Crippen molar-refractivity contribution in [1.82, 2.24) is 15.6 Å². The van der Waals surface area contributed by atoms with Gasteiger partial charge >= 0.3 is 12.4 Å². The molecule has 2 N–H and O–H groups in total. The third-order valence-corrected chi connectivity index (χ3v) is 5.26. The number of benzene rings is 2. The van der Waals surface area contributed by atoms with Crippen molar-refractivity contribution in [1.29, 1.82) is 0 Å². The first-order chi connectivity index (χ1) is 16.4. The third kappa shape index (κ3) is 4.72. The van der Waals surface area contributed by atoms with Gasteiger partial charge in [-0.1, -0.05) is 12.1 Å². The number of hydrogen-bond donors (Lipinski definition) is 2. The molecular weight excluding hydrogens is 480 g/mol. The summed E-state index contributed by atoms with van der Waals surface area (Å²) in [4.78, 5) is 40.3. The zero-order valence-electron chi connectivity index (χ0n) is 17.3. The maximum atomic E-state index is 13.7. The summed E-state index contributed by atoms with van der Waals surface area (Å²) < 4.78 is 79.9. The molecule has 1 atom stereocenters. The van der Waals surface area contributed by atoms with Crippen LogP contribution in [-0.4, -0.2) is 22.7 Å². The van der Waals surface area contributed by atoms with E-state index in [2.05, 4.69) is 10.3 Å². The van der Waals surface area contributed by atoms with Gasteiger partial charge in [-0.25, -0.2) is 0 Å². The van der Waals surface area contributed by atoms with Gasteiger partial charge in [0.25, 0.3) is 17.7 Å². The molecule has 6 nitrogen and oxygen atoms in total. The zero-order valence-corrected chi connectivity index (χ0v) is 17.3. The van der Waals surface area contributed by atoms with E-state index in [4.69, 9.17) is 0 Å². The molecule has 0 bridgehead atoms. The van der Waals surface area contributed by atoms with E-state index < -0.39 is 52.9 Å². The Labute approximate surface area is 193 Å². The van der Waals surface area contributed by atoms with Crippen LogP contribution in [0.5, 0.6) is 0 Å². The summed E-state index contributed by atoms with van der Waals surface area (Å²) in [5.41, 5.74) is -3.18. The maximum Gasteiger partial charge on any atom is 0.418 e. The first-order valence-corrected chi connectivity index (χ1v) is 9.86. The average Bonchev–Trinajstić information content (AvgIpc) is 3.09. The van der Waals surface area contributed by atoms with Gasteiger partial charge < -0.3 is 5.32 Å². The van der Waals surface area contributed by atoms with E-state index in [1.54, 1.807) is 0 Å². The van der Waals surface area contributed by atoms with Crippen LogP contribution in [0.2, 0.25) is 0 Å². The highest BCUT2D eigenvalue weighted by molar-refractivity contribution is 6.22. The summed E-state index contributed by atoms with van der Waals surface area (Å²) in [6, 6.07) is 6.91. The minimum absolute atomic E-state index is 0.0231. The minimum Gasteiger partial charge on any atom is -0.340 e. The smallest absolute Gasteiger partial charge is 0.340 e. The first-order valence-electron chi connectivity index (χ1n) is 9.86. The van der Waals surface area contributed by atoms with E-state index >= 15 is 0 Å². The number of carbonyl (C=O) groups excluding carboxylic acids is 3. The number of imide groups is 1. The van der Waals surface area contributed by atoms with Crippen LogP contribution in [0.4, 0.5) is 26.3 Å². The average molecular weight is 493 g/mol. The van der Waals surface area contributed by atoms with Gasteiger partial charge in [0.1, 0.15) is 0 Å². The molecule has 3 aromatic rings. The van der Waals surface area contributed by atoms with E-state index in [9.17, 15) is 40.7 Å². The fourth-order valence-corrected chi connectivity index (χ4v) is 3.58. The van der Waals surface area contributed by atoms with Crippen molar-refractivity contribution < 1.29 is 40.7 Å². The molecule has 0 spiro atoms. The van der Waals surface area contributed by atoms with Gasteiger partial charge in [-0.2, -0.15) is 26.3 Å². The van der Waals surface area contributed by atoms with E-state index in [0.29, 0.717) is 12.1 Å². The van der Waals surface area contributed by atoms with Crippen molar-refractivity contribution in [2.75, 3.05) is 0 Å². The van der Waals surface area contributed by atoms with Gasteiger partial charge in [0, 0.05) is 11.8 Å². The number of hydrogen-bond acceptors (Lipinski definition) is 4. The molecule has 1 aliphatic rings. The fraction of sp³-hybridized carbons (Fsp3) is 0.130. The minimum atomic E-state index is -4.87. The Bertz CT molecular complexity index is 1330. The maximum absolute atomic E-state index is 13.7. The van der Waals surface area contributed by atoms with E-state index in [1.807, 2.05) is 5.32 Å². The largest absolute Gasteiger partial charge is 0.418 e. The predicted molar refractivity (Wildman–Crippen MR) is 108 cm³/mol. The topological polar surface area (TPSA) is 88.2 Å². The molecule has 2 aromatic carbocycles. The Hall–Kier alpha value is -4.22. The first kappa shape index (κ1) is 23.9. The fourth-order valence-electron chi connectivity index (χ4n) is 3.58. The van der Waals surface area contributed by atoms with Crippen LogP contribution in [0.3, 0.4) is 0 Å². The second-order valence-corrected chi connectivity index (χ2v) is 7.50. The molecule has 12 heteroatoms. The molecule has 1 unspecified atom stereocenters. The lowest BCUT2D eigenvalue weighted by Crippen LogP contribution is -2.32. The highest BCUT2D eigenvalue weighted by atomic mass is 19.4. The predicted octanol–water partition coefficient (Wildman–Crippen LogP) is 4.52. The molecular formula is C23H13F6N3O3. The summed E-state index contributed by atoms with van der Waals surface area (Å²) in [5.74, 6) is -2.35. The molecule has 0 aliphatic carbocycles. The van der Waals surface area contributed by atoms with Gasteiger partial charge in [-0.3, -0.25) is 24.7 Å². The molecule has 0 saturated heterocycles. The molecule has 0 fully saturated rings. The molecule has 4 rings (SSSR count). The van der Waals surface area contributed by atoms with Gasteiger partial charge in [-0.05, 0) is 48.0 Å². The number of halogens is 6. The second-order valence-electron chi connectivity index (χ2n) is 7.50. The number of carbonyl (C=O) groups is 3. The van der Waals surface area contributed by atoms with Crippen LogP contribution >= 0.6 is 0 Å². The second kappa shape index (κ2) is 8.53. The molecule has 0 radical (unpaired) electrons. The number of amides is 3. The number of alkyl halides is 6. The lowest BCUT2D eigenvalue weighted by molar-refractivity contribution is -0.139. The Balaban J connectivity index is 1.76. The van der Waals surface area contributed by atoms with Gasteiger partial charge in [0.2, 0.25) is 0 Å². The van der Waals surface area contributed by atoms with Crippen molar-refractivity contribution in [2.45, 2.75) is 18.4 Å². The van der Waals surface area contributed by atoms with Crippen LogP contribution < -0.4 is 10.6 Å². The van der Waals surface area contributed by atoms with Gasteiger partial charge in [-0.15, -0.1) is 0 Å². The van der Waals surface area contributed by atoms with Crippen molar-refractivity contribution >= 4 is 17.7 Å². The highest BCUT2D eigenvalue weighted by Crippen LogP contribution is 2.36. The van der Waals surface area contributed by atoms with E-state index in [0.717, 1.165) is 36.5 Å². The van der Waals surface area contributed by atoms with Crippen molar-refractivity contribution in [3.05, 3.63) is 99.9 Å². The lowest BCUT2D eigenvalue weighted by Gasteiger charge is -2.23. The van der Waals surface area contributed by atoms with Crippen molar-refractivity contribution in [3.63, 3.8) is 0 Å². The third-order valence-electron chi connectivity index (χ3n) is 5.26. The molecule has 2 heterocycles. The monoisotopic (exact) mass is 493 g/mol. The van der Waals surface area contributed by atoms with Crippen molar-refractivity contribution in [3.8, 4) is 0 Å². The number of fused-ring (bicyclic) bond motifs is 1. The molecule has 3 amide bonds. The van der Waals surface area contributed by atoms with Crippen LogP contribution in [-0.2, 0) is 12.4 Å². The molecule has 180 valence electrons. The summed E-state index contributed by atoms with van der Waals surface area (Å²) in [5, 5.41) is 4.40. The Morgan fingerprint density at radius 1 is 0.857 bits per heavy atom. The van der Waals surface area contributed by atoms with E-state index in [-0.39, 0.29) is 22.3 Å². The standard InChI is InChI=1S/C23H13F6N3O3/c24-22(25,26)13-6-3-11(4-7-13)17(18-16(23(27,28)29)2-1-9-30-18)31-19(33)12-5-8-14-15(10-12)21(35)32-20(14)34/h1-10,17H,(H,31,33)(H,32,34,35). The lowest BCUT2D eigenvalue weighted by atomic mass is 9.97. The number of pyridine rings is 1. The van der Waals surface area contributed by atoms with Gasteiger partial charge in [0.05, 0.1) is 34.0 Å². The van der Waals surface area contributed by atoms with Crippen LogP contribution in [0.15, 0.2) is 60.8 Å². The van der Waals surface area contributed by atoms with Crippen molar-refractivity contribution in [2.24, 2.45) is 0 Å². The number of nitrogens with zero attached hydrogens (tertiary/aromatic N) is 1. The Morgan fingerprint density at radius 3 is 2.14 bits per heavy atom. The number of rotatable bonds is 4. The normalized spacial score (nSPS) is 14.3. The summed E-state index contributed by atoms with van der Waals surface area (Å²) in [6.45, 7) is 0. The molecule has 1 aliphatic heterocycles. The zero-order chi connectivity index (χ0) is 25.5.